The fourth-order valence-corrected chi connectivity index (χ4v) is 2.57. The predicted molar refractivity (Wildman–Crippen MR) is 125 cm³/mol. The standard InChI is InChI=1S/C14H20F6N8O2S.C4H4O4/c1-22-12(28-31(29,30)14(18,19)20)24-6-3-2-4-9-23-7-5-10(26-9)27-11(21)25-8-13(15,16)17;5-3(6)1-2-4(7)8/h5,7H,2-4,6,8H2,1H3,(H2,22,24,28)(H3,21,23,25,26,27);1-2H,(H,5,6)(H,7,8). The monoisotopic (exact) mass is 594 g/mol. The second kappa shape index (κ2) is 15.9. The molecule has 7 N–H and O–H groups in total. The lowest BCUT2D eigenvalue weighted by molar-refractivity contribution is -0.134. The zero-order valence-electron chi connectivity index (χ0n) is 19.9. The number of nitrogens with two attached hydrogens (primary N) is 1. The summed E-state index contributed by atoms with van der Waals surface area (Å²) in [5.41, 5.74) is -0.116. The van der Waals surface area contributed by atoms with Crippen molar-refractivity contribution in [1.29, 1.82) is 0 Å². The van der Waals surface area contributed by atoms with Crippen LogP contribution < -0.4 is 21.1 Å². The van der Waals surface area contributed by atoms with Crippen molar-refractivity contribution in [2.75, 3.05) is 25.5 Å². The number of anilines is 1. The van der Waals surface area contributed by atoms with Crippen molar-refractivity contribution in [1.82, 2.24) is 20.0 Å². The van der Waals surface area contributed by atoms with Crippen molar-refractivity contribution in [3.05, 3.63) is 30.2 Å². The summed E-state index contributed by atoms with van der Waals surface area (Å²) in [4.78, 5) is 33.7. The van der Waals surface area contributed by atoms with E-state index in [0.29, 0.717) is 37.2 Å². The van der Waals surface area contributed by atoms with Crippen molar-refractivity contribution in [2.45, 2.75) is 30.9 Å². The summed E-state index contributed by atoms with van der Waals surface area (Å²) in [6, 6.07) is 1.37. The molecular formula is C18H24F6N8O6S. The number of unbranched alkanes of at least 4 members (excludes halogenated alkanes) is 1. The van der Waals surface area contributed by atoms with Gasteiger partial charge in [0.1, 0.15) is 18.2 Å². The van der Waals surface area contributed by atoms with Gasteiger partial charge in [0.2, 0.25) is 5.96 Å². The molecule has 1 aromatic heterocycles. The van der Waals surface area contributed by atoms with Gasteiger partial charge < -0.3 is 26.6 Å². The molecule has 0 spiro atoms. The van der Waals surface area contributed by atoms with Gasteiger partial charge in [-0.1, -0.05) is 0 Å². The Labute approximate surface area is 217 Å². The fraction of sp³-hybridized carbons (Fsp3) is 0.444. The number of carbonyl (C=O) groups is 2. The molecule has 0 bridgehead atoms. The molecule has 0 saturated carbocycles. The molecule has 0 aromatic carbocycles. The molecule has 1 heterocycles. The van der Waals surface area contributed by atoms with E-state index in [1.54, 1.807) is 0 Å². The molecule has 21 heteroatoms. The highest BCUT2D eigenvalue weighted by Crippen LogP contribution is 2.21. The summed E-state index contributed by atoms with van der Waals surface area (Å²) in [5, 5.41) is 20.5. The zero-order chi connectivity index (χ0) is 30.3. The number of aryl methyl sites for hydroxylation is 1. The van der Waals surface area contributed by atoms with Crippen molar-refractivity contribution in [3.8, 4) is 0 Å². The maximum Gasteiger partial charge on any atom is 0.516 e. The molecule has 0 unspecified atom stereocenters. The summed E-state index contributed by atoms with van der Waals surface area (Å²) >= 11 is 0. The van der Waals surface area contributed by atoms with Gasteiger partial charge in [0.15, 0.2) is 5.96 Å². The molecule has 0 aliphatic heterocycles. The molecule has 0 aliphatic rings. The normalized spacial score (nSPS) is 12.9. The Bertz CT molecular complexity index is 1140. The van der Waals surface area contributed by atoms with Crippen LogP contribution in [0.2, 0.25) is 0 Å². The number of nitrogens with zero attached hydrogens (tertiary/aromatic N) is 4. The lowest BCUT2D eigenvalue weighted by Crippen LogP contribution is -2.46. The molecular weight excluding hydrogens is 570 g/mol. The number of aliphatic carboxylic acids is 2. The van der Waals surface area contributed by atoms with Crippen LogP contribution in [-0.2, 0) is 26.0 Å². The average molecular weight is 594 g/mol. The summed E-state index contributed by atoms with van der Waals surface area (Å²) in [5.74, 6) is -3.09. The molecule has 0 amide bonds. The van der Waals surface area contributed by atoms with E-state index in [9.17, 15) is 44.3 Å². The Morgan fingerprint density at radius 2 is 1.69 bits per heavy atom. The number of halogens is 6. The molecule has 0 radical (unpaired) electrons. The summed E-state index contributed by atoms with van der Waals surface area (Å²) in [6.07, 6.45) is -0.853. The number of alkyl halides is 6. The third-order valence-electron chi connectivity index (χ3n) is 3.64. The van der Waals surface area contributed by atoms with Gasteiger partial charge in [0.25, 0.3) is 0 Å². The molecule has 220 valence electrons. The topological polar surface area (TPSA) is 221 Å². The van der Waals surface area contributed by atoms with Gasteiger partial charge in [-0.2, -0.15) is 34.8 Å². The molecule has 1 aromatic rings. The van der Waals surface area contributed by atoms with Crippen LogP contribution in [0.1, 0.15) is 18.7 Å². The lowest BCUT2D eigenvalue weighted by Gasteiger charge is -2.13. The van der Waals surface area contributed by atoms with E-state index in [2.05, 4.69) is 30.6 Å². The molecule has 0 fully saturated rings. The Kier molecular flexibility index (Phi) is 14.2. The highest BCUT2D eigenvalue weighted by atomic mass is 32.2. The highest BCUT2D eigenvalue weighted by molar-refractivity contribution is 7.90. The SMILES string of the molecule is CN=C(NCCCCc1nccc(NC(N)=NCC(F)(F)F)n1)NS(=O)(=O)C(F)(F)F.O=C(O)C=CC(=O)O. The first-order valence-corrected chi connectivity index (χ1v) is 11.7. The first kappa shape index (κ1) is 34.8. The van der Waals surface area contributed by atoms with Crippen LogP contribution in [0.25, 0.3) is 0 Å². The molecule has 0 aliphatic carbocycles. The minimum absolute atomic E-state index is 0.0992. The highest BCUT2D eigenvalue weighted by Gasteiger charge is 2.46. The van der Waals surface area contributed by atoms with E-state index >= 15 is 0 Å². The number of hydrogen-bond donors (Lipinski definition) is 6. The maximum absolute atomic E-state index is 12.4. The Morgan fingerprint density at radius 1 is 1.10 bits per heavy atom. The Balaban J connectivity index is 0.00000156. The van der Waals surface area contributed by atoms with Crippen LogP contribution in [-0.4, -0.2) is 84.3 Å². The van der Waals surface area contributed by atoms with Crippen LogP contribution in [0.4, 0.5) is 32.2 Å². The number of guanidine groups is 2. The van der Waals surface area contributed by atoms with Gasteiger partial charge in [-0.25, -0.2) is 29.3 Å². The number of carboxylic acid groups (broad SMARTS) is 2. The smallest absolute Gasteiger partial charge is 0.478 e. The minimum atomic E-state index is -5.57. The second-order valence-corrected chi connectivity index (χ2v) is 8.49. The van der Waals surface area contributed by atoms with E-state index in [-0.39, 0.29) is 12.4 Å². The summed E-state index contributed by atoms with van der Waals surface area (Å²) < 4.78 is 96.8. The average Bonchev–Trinajstić information content (AvgIpc) is 2.80. The van der Waals surface area contributed by atoms with Crippen molar-refractivity contribution in [3.63, 3.8) is 0 Å². The van der Waals surface area contributed by atoms with Crippen LogP contribution in [0.15, 0.2) is 34.4 Å². The predicted octanol–water partition coefficient (Wildman–Crippen LogP) is 0.815. The number of nitrogens with one attached hydrogen (secondary N) is 3. The first-order chi connectivity index (χ1) is 17.9. The number of hydrogen-bond acceptors (Lipinski definition) is 8. The van der Waals surface area contributed by atoms with Crippen LogP contribution >= 0.6 is 0 Å². The van der Waals surface area contributed by atoms with E-state index < -0.39 is 52.1 Å². The zero-order valence-corrected chi connectivity index (χ0v) is 20.7. The number of carboxylic acids is 2. The maximum atomic E-state index is 12.4. The number of rotatable bonds is 10. The van der Waals surface area contributed by atoms with Gasteiger partial charge in [0.05, 0.1) is 0 Å². The Hall–Kier alpha value is -4.17. The van der Waals surface area contributed by atoms with Crippen molar-refractivity contribution in [2.24, 2.45) is 15.7 Å². The van der Waals surface area contributed by atoms with Crippen LogP contribution in [0.5, 0.6) is 0 Å². The lowest BCUT2D eigenvalue weighted by atomic mass is 10.2. The van der Waals surface area contributed by atoms with Crippen molar-refractivity contribution < 1.29 is 54.6 Å². The molecule has 1 rings (SSSR count). The fourth-order valence-electron chi connectivity index (χ4n) is 2.04. The Morgan fingerprint density at radius 3 is 2.18 bits per heavy atom. The summed E-state index contributed by atoms with van der Waals surface area (Å²) in [6.45, 7) is -1.35. The summed E-state index contributed by atoms with van der Waals surface area (Å²) in [7, 11) is -4.47. The second-order valence-electron chi connectivity index (χ2n) is 6.82. The van der Waals surface area contributed by atoms with Gasteiger partial charge in [-0.15, -0.1) is 0 Å². The van der Waals surface area contributed by atoms with E-state index in [1.807, 2.05) is 0 Å². The molecule has 14 nitrogen and oxygen atoms in total. The third-order valence-corrected chi connectivity index (χ3v) is 4.71. The largest absolute Gasteiger partial charge is 0.516 e. The molecule has 0 saturated heterocycles. The van der Waals surface area contributed by atoms with Crippen LogP contribution in [0.3, 0.4) is 0 Å². The third kappa shape index (κ3) is 17.1. The van der Waals surface area contributed by atoms with E-state index in [0.717, 1.165) is 7.05 Å². The van der Waals surface area contributed by atoms with Gasteiger partial charge in [-0.3, -0.25) is 4.99 Å². The quantitative estimate of drug-likeness (QED) is 0.0731. The van der Waals surface area contributed by atoms with Gasteiger partial charge in [0, 0.05) is 38.4 Å². The number of sulfonamides is 1. The van der Waals surface area contributed by atoms with E-state index in [4.69, 9.17) is 15.9 Å². The number of aliphatic imine (C=N–C) groups is 2. The van der Waals surface area contributed by atoms with E-state index in [1.165, 1.54) is 17.0 Å². The van der Waals surface area contributed by atoms with Gasteiger partial charge >= 0.3 is 33.6 Å². The molecule has 0 atom stereocenters. The minimum Gasteiger partial charge on any atom is -0.478 e. The van der Waals surface area contributed by atoms with Gasteiger partial charge in [-0.05, 0) is 18.9 Å². The van der Waals surface area contributed by atoms with Crippen molar-refractivity contribution >= 4 is 39.7 Å². The van der Waals surface area contributed by atoms with Crippen LogP contribution in [0, 0.1) is 0 Å². The number of aromatic nitrogens is 2. The molecule has 39 heavy (non-hydrogen) atoms. The first-order valence-electron chi connectivity index (χ1n) is 10.3.